The molecule has 1 saturated carbocycles. The Balaban J connectivity index is 1.85. The van der Waals surface area contributed by atoms with Gasteiger partial charge in [-0.15, -0.1) is 0 Å². The van der Waals surface area contributed by atoms with Crippen LogP contribution in [0.15, 0.2) is 65.7 Å². The zero-order valence-electron chi connectivity index (χ0n) is 16.4. The molecule has 1 aromatic heterocycles. The van der Waals surface area contributed by atoms with Crippen LogP contribution in [0, 0.1) is 18.3 Å². The van der Waals surface area contributed by atoms with Crippen LogP contribution < -0.4 is 0 Å². The van der Waals surface area contributed by atoms with E-state index in [1.165, 1.54) is 17.3 Å². The molecule has 4 rings (SSSR count). The van der Waals surface area contributed by atoms with E-state index in [0.717, 1.165) is 41.6 Å². The fourth-order valence-electron chi connectivity index (χ4n) is 3.64. The average molecular weight is 399 g/mol. The number of thioether (sulfide) groups is 1. The highest BCUT2D eigenvalue weighted by Gasteiger charge is 2.26. The van der Waals surface area contributed by atoms with Crippen LogP contribution in [0.2, 0.25) is 0 Å². The van der Waals surface area contributed by atoms with Gasteiger partial charge in [0.05, 0.1) is 16.5 Å². The van der Waals surface area contributed by atoms with E-state index in [2.05, 4.69) is 37.3 Å². The number of ketones is 1. The first-order valence-electron chi connectivity index (χ1n) is 9.92. The topological polar surface area (TPSA) is 53.8 Å². The highest BCUT2D eigenvalue weighted by Crippen LogP contribution is 2.38. The number of nitriles is 1. The largest absolute Gasteiger partial charge is 0.298 e. The third-order valence-corrected chi connectivity index (χ3v) is 6.58. The summed E-state index contributed by atoms with van der Waals surface area (Å²) in [4.78, 5) is 17.3. The monoisotopic (exact) mass is 398 g/mol. The number of Topliss-reactive ketones (excluding diaryl/α,β-unsaturated/α-hetero) is 1. The molecule has 3 aromatic rings. The van der Waals surface area contributed by atoms with Gasteiger partial charge in [-0.1, -0.05) is 78.3 Å². The van der Waals surface area contributed by atoms with Gasteiger partial charge in [-0.25, -0.2) is 4.98 Å². The first kappa shape index (κ1) is 19.4. The van der Waals surface area contributed by atoms with Gasteiger partial charge in [0.1, 0.15) is 16.9 Å². The molecular weight excluding hydrogens is 376 g/mol. The van der Waals surface area contributed by atoms with Gasteiger partial charge in [0.2, 0.25) is 0 Å². The van der Waals surface area contributed by atoms with Crippen molar-refractivity contribution in [2.45, 2.75) is 42.9 Å². The van der Waals surface area contributed by atoms with E-state index in [1.807, 2.05) is 36.4 Å². The number of nitrogens with zero attached hydrogens (tertiary/aromatic N) is 2. The van der Waals surface area contributed by atoms with Crippen molar-refractivity contribution in [1.29, 1.82) is 5.26 Å². The summed E-state index contributed by atoms with van der Waals surface area (Å²) in [5, 5.41) is 10.5. The molecule has 0 radical (unpaired) electrons. The summed E-state index contributed by atoms with van der Waals surface area (Å²) in [5.41, 5.74) is 5.42. The molecule has 0 bridgehead atoms. The second-order valence-electron chi connectivity index (χ2n) is 7.40. The number of hydrogen-bond acceptors (Lipinski definition) is 4. The van der Waals surface area contributed by atoms with E-state index in [9.17, 15) is 10.1 Å². The van der Waals surface area contributed by atoms with Crippen LogP contribution in [0.1, 0.15) is 36.8 Å². The minimum absolute atomic E-state index is 0.111. The molecule has 29 heavy (non-hydrogen) atoms. The van der Waals surface area contributed by atoms with Crippen molar-refractivity contribution in [3.8, 4) is 28.5 Å². The van der Waals surface area contributed by atoms with Gasteiger partial charge in [0, 0.05) is 17.5 Å². The molecule has 0 saturated heterocycles. The summed E-state index contributed by atoms with van der Waals surface area (Å²) in [7, 11) is 0. The van der Waals surface area contributed by atoms with Crippen LogP contribution in [0.5, 0.6) is 0 Å². The van der Waals surface area contributed by atoms with Crippen LogP contribution in [0.3, 0.4) is 0 Å². The molecule has 0 aliphatic heterocycles. The summed E-state index contributed by atoms with van der Waals surface area (Å²) >= 11 is 1.46. The maximum Gasteiger partial charge on any atom is 0.146 e. The molecule has 1 aliphatic rings. The number of aryl methyl sites for hydroxylation is 1. The standard InChI is InChI=1S/C25H22N2OS/c1-17-11-13-19(14-12-17)22-15-20(18-7-3-2-4-8-18)21(16-26)25(27-22)29-24-10-6-5-9-23(24)28/h2-4,7-8,11-15,24H,5-6,9-10H2,1H3. The van der Waals surface area contributed by atoms with Gasteiger partial charge in [0.25, 0.3) is 0 Å². The Labute approximate surface area is 175 Å². The number of aromatic nitrogens is 1. The molecule has 4 heteroatoms. The third-order valence-electron chi connectivity index (χ3n) is 5.28. The second kappa shape index (κ2) is 8.63. The van der Waals surface area contributed by atoms with E-state index in [-0.39, 0.29) is 11.0 Å². The molecule has 3 nitrogen and oxygen atoms in total. The maximum atomic E-state index is 12.4. The Bertz CT molecular complexity index is 1070. The average Bonchev–Trinajstić information content (AvgIpc) is 2.76. The minimum atomic E-state index is -0.111. The zero-order chi connectivity index (χ0) is 20.2. The second-order valence-corrected chi connectivity index (χ2v) is 8.59. The quantitative estimate of drug-likeness (QED) is 0.525. The van der Waals surface area contributed by atoms with Gasteiger partial charge < -0.3 is 0 Å². The van der Waals surface area contributed by atoms with Crippen LogP contribution in [0.4, 0.5) is 0 Å². The first-order valence-corrected chi connectivity index (χ1v) is 10.8. The molecule has 1 fully saturated rings. The summed E-state index contributed by atoms with van der Waals surface area (Å²) in [6.07, 6.45) is 3.50. The van der Waals surface area contributed by atoms with Gasteiger partial charge in [-0.05, 0) is 31.4 Å². The Morgan fingerprint density at radius 3 is 2.48 bits per heavy atom. The van der Waals surface area contributed by atoms with Gasteiger partial charge in [-0.2, -0.15) is 5.26 Å². The number of carbonyl (C=O) groups is 1. The molecular formula is C25H22N2OS. The van der Waals surface area contributed by atoms with Crippen LogP contribution in [-0.4, -0.2) is 16.0 Å². The Morgan fingerprint density at radius 2 is 1.79 bits per heavy atom. The fraction of sp³-hybridized carbons (Fsp3) is 0.240. The van der Waals surface area contributed by atoms with Gasteiger partial charge >= 0.3 is 0 Å². The Kier molecular flexibility index (Phi) is 5.78. The molecule has 1 aliphatic carbocycles. The number of carbonyl (C=O) groups excluding carboxylic acids is 1. The lowest BCUT2D eigenvalue weighted by Crippen LogP contribution is -2.21. The fourth-order valence-corrected chi connectivity index (χ4v) is 4.87. The maximum absolute atomic E-state index is 12.4. The van der Waals surface area contributed by atoms with Crippen LogP contribution in [0.25, 0.3) is 22.4 Å². The third kappa shape index (κ3) is 4.26. The number of pyridine rings is 1. The summed E-state index contributed by atoms with van der Waals surface area (Å²) in [6.45, 7) is 2.06. The van der Waals surface area contributed by atoms with Crippen molar-refractivity contribution in [2.24, 2.45) is 0 Å². The van der Waals surface area contributed by atoms with E-state index in [0.29, 0.717) is 17.0 Å². The van der Waals surface area contributed by atoms with Crippen LogP contribution >= 0.6 is 11.8 Å². The van der Waals surface area contributed by atoms with E-state index in [4.69, 9.17) is 4.98 Å². The molecule has 2 aromatic carbocycles. The number of hydrogen-bond donors (Lipinski definition) is 0. The first-order chi connectivity index (χ1) is 14.2. The molecule has 1 heterocycles. The van der Waals surface area contributed by atoms with Gasteiger partial charge in [-0.3, -0.25) is 4.79 Å². The molecule has 1 atom stereocenters. The van der Waals surface area contributed by atoms with E-state index >= 15 is 0 Å². The summed E-state index contributed by atoms with van der Waals surface area (Å²) in [6, 6.07) is 22.5. The lowest BCUT2D eigenvalue weighted by Gasteiger charge is -2.21. The van der Waals surface area contributed by atoms with E-state index < -0.39 is 0 Å². The zero-order valence-corrected chi connectivity index (χ0v) is 17.2. The summed E-state index contributed by atoms with van der Waals surface area (Å²) < 4.78 is 0. The normalized spacial score (nSPS) is 16.4. The van der Waals surface area contributed by atoms with Crippen molar-refractivity contribution in [3.05, 3.63) is 71.8 Å². The van der Waals surface area contributed by atoms with Crippen molar-refractivity contribution in [3.63, 3.8) is 0 Å². The van der Waals surface area contributed by atoms with Crippen molar-refractivity contribution < 1.29 is 4.79 Å². The Hall–Kier alpha value is -2.90. The van der Waals surface area contributed by atoms with E-state index in [1.54, 1.807) is 0 Å². The number of rotatable bonds is 4. The highest BCUT2D eigenvalue weighted by molar-refractivity contribution is 8.00. The predicted molar refractivity (Wildman–Crippen MR) is 118 cm³/mol. The highest BCUT2D eigenvalue weighted by atomic mass is 32.2. The molecule has 0 N–H and O–H groups in total. The molecule has 144 valence electrons. The van der Waals surface area contributed by atoms with Crippen molar-refractivity contribution >= 4 is 17.5 Å². The lowest BCUT2D eigenvalue weighted by atomic mass is 9.99. The molecule has 1 unspecified atom stereocenters. The number of benzene rings is 2. The molecule has 0 amide bonds. The lowest BCUT2D eigenvalue weighted by molar-refractivity contribution is -0.119. The Morgan fingerprint density at radius 1 is 1.03 bits per heavy atom. The van der Waals surface area contributed by atoms with Crippen molar-refractivity contribution in [2.75, 3.05) is 0 Å². The minimum Gasteiger partial charge on any atom is -0.298 e. The van der Waals surface area contributed by atoms with Gasteiger partial charge in [0.15, 0.2) is 0 Å². The smallest absolute Gasteiger partial charge is 0.146 e. The SMILES string of the molecule is Cc1ccc(-c2cc(-c3ccccc3)c(C#N)c(SC3CCCCC3=O)n2)cc1. The predicted octanol–water partition coefficient (Wildman–Crippen LogP) is 6.20. The molecule has 0 spiro atoms. The summed E-state index contributed by atoms with van der Waals surface area (Å²) in [5.74, 6) is 0.272. The van der Waals surface area contributed by atoms with Crippen molar-refractivity contribution in [1.82, 2.24) is 4.98 Å². The van der Waals surface area contributed by atoms with Crippen LogP contribution in [-0.2, 0) is 4.79 Å².